The largest absolute Gasteiger partial charge is 0.494 e. The van der Waals surface area contributed by atoms with Crippen molar-refractivity contribution in [1.82, 2.24) is 0 Å². The molecule has 2 rings (SSSR count). The van der Waals surface area contributed by atoms with Gasteiger partial charge in [0.25, 0.3) is 0 Å². The van der Waals surface area contributed by atoms with Gasteiger partial charge in [-0.05, 0) is 65.2 Å². The molecule has 3 heteroatoms. The number of halogens is 1. The summed E-state index contributed by atoms with van der Waals surface area (Å²) in [5.74, 6) is 7.35. The van der Waals surface area contributed by atoms with Crippen molar-refractivity contribution in [3.05, 3.63) is 50.1 Å². The van der Waals surface area contributed by atoms with E-state index >= 15 is 0 Å². The molecule has 1 nitrogen and oxygen atoms in total. The monoisotopic (exact) mass is 390 g/mol. The standard InChI is InChI=1S/C20H23BrOS/c1-3-4-5-6-7-14-22-18-11-8-17(9-12-18)10-13-19-15-16(2)20(21)23-19/h8-9,11-12,15H,3-7,14H2,1-2H3. The van der Waals surface area contributed by atoms with Crippen molar-refractivity contribution in [2.24, 2.45) is 0 Å². The molecule has 0 saturated heterocycles. The fraction of sp³-hybridized carbons (Fsp3) is 0.400. The third kappa shape index (κ3) is 6.41. The lowest BCUT2D eigenvalue weighted by Gasteiger charge is -2.05. The van der Waals surface area contributed by atoms with Gasteiger partial charge in [0, 0.05) is 5.56 Å². The summed E-state index contributed by atoms with van der Waals surface area (Å²) in [6, 6.07) is 10.2. The molecule has 0 spiro atoms. The Labute approximate surface area is 152 Å². The van der Waals surface area contributed by atoms with Crippen LogP contribution in [0.1, 0.15) is 55.0 Å². The van der Waals surface area contributed by atoms with E-state index in [1.54, 1.807) is 11.3 Å². The molecule has 0 amide bonds. The first-order chi connectivity index (χ1) is 11.2. The van der Waals surface area contributed by atoms with Gasteiger partial charge in [-0.1, -0.05) is 44.4 Å². The molecule has 0 fully saturated rings. The Morgan fingerprint density at radius 2 is 1.78 bits per heavy atom. The van der Waals surface area contributed by atoms with Crippen molar-refractivity contribution in [3.63, 3.8) is 0 Å². The number of rotatable bonds is 7. The SMILES string of the molecule is CCCCCCCOc1ccc(C#Cc2cc(C)c(Br)s2)cc1. The highest BCUT2D eigenvalue weighted by atomic mass is 79.9. The topological polar surface area (TPSA) is 9.23 Å². The second-order valence-electron chi connectivity index (χ2n) is 5.60. The van der Waals surface area contributed by atoms with Gasteiger partial charge in [0.15, 0.2) is 0 Å². The summed E-state index contributed by atoms with van der Waals surface area (Å²) in [7, 11) is 0. The van der Waals surface area contributed by atoms with Gasteiger partial charge >= 0.3 is 0 Å². The summed E-state index contributed by atoms with van der Waals surface area (Å²) in [6.45, 7) is 5.12. The van der Waals surface area contributed by atoms with E-state index in [1.165, 1.54) is 31.2 Å². The first-order valence-electron chi connectivity index (χ1n) is 8.20. The number of thiophene rings is 1. The molecule has 0 aliphatic carbocycles. The van der Waals surface area contributed by atoms with Gasteiger partial charge in [-0.15, -0.1) is 11.3 Å². The molecule has 0 saturated carbocycles. The molecule has 0 bridgehead atoms. The second kappa shape index (κ2) is 9.80. The molecule has 0 aliphatic rings. The van der Waals surface area contributed by atoms with E-state index in [-0.39, 0.29) is 0 Å². The van der Waals surface area contributed by atoms with E-state index in [0.29, 0.717) is 0 Å². The zero-order chi connectivity index (χ0) is 16.5. The van der Waals surface area contributed by atoms with Crippen LogP contribution in [0.15, 0.2) is 34.1 Å². The van der Waals surface area contributed by atoms with Gasteiger partial charge < -0.3 is 4.74 Å². The Bertz CT molecular complexity index is 642. The van der Waals surface area contributed by atoms with Crippen molar-refractivity contribution in [3.8, 4) is 17.6 Å². The molecule has 2 aromatic rings. The quantitative estimate of drug-likeness (QED) is 0.383. The lowest BCUT2D eigenvalue weighted by molar-refractivity contribution is 0.304. The molecule has 1 heterocycles. The number of aryl methyl sites for hydroxylation is 1. The Balaban J connectivity index is 1.80. The van der Waals surface area contributed by atoms with Crippen LogP contribution in [0.5, 0.6) is 5.75 Å². The zero-order valence-corrected chi connectivity index (χ0v) is 16.2. The van der Waals surface area contributed by atoms with Crippen molar-refractivity contribution in [2.45, 2.75) is 46.0 Å². The third-order valence-electron chi connectivity index (χ3n) is 3.56. The highest BCUT2D eigenvalue weighted by Gasteiger charge is 1.99. The highest BCUT2D eigenvalue weighted by molar-refractivity contribution is 9.11. The summed E-state index contributed by atoms with van der Waals surface area (Å²) in [4.78, 5) is 1.08. The summed E-state index contributed by atoms with van der Waals surface area (Å²) in [6.07, 6.45) is 6.31. The van der Waals surface area contributed by atoms with Crippen LogP contribution in [0.25, 0.3) is 0 Å². The van der Waals surface area contributed by atoms with Gasteiger partial charge in [-0.2, -0.15) is 0 Å². The van der Waals surface area contributed by atoms with Crippen molar-refractivity contribution >= 4 is 27.3 Å². The van der Waals surface area contributed by atoms with Crippen molar-refractivity contribution in [1.29, 1.82) is 0 Å². The maximum Gasteiger partial charge on any atom is 0.119 e. The summed E-state index contributed by atoms with van der Waals surface area (Å²) >= 11 is 5.20. The number of unbranched alkanes of at least 4 members (excludes halogenated alkanes) is 4. The fourth-order valence-electron chi connectivity index (χ4n) is 2.19. The van der Waals surface area contributed by atoms with Gasteiger partial charge in [0.05, 0.1) is 15.3 Å². The van der Waals surface area contributed by atoms with Crippen LogP contribution in [0.4, 0.5) is 0 Å². The molecular formula is C20H23BrOS. The normalized spacial score (nSPS) is 10.2. The zero-order valence-electron chi connectivity index (χ0n) is 13.8. The Kier molecular flexibility index (Phi) is 7.71. The second-order valence-corrected chi connectivity index (χ2v) is 7.97. The maximum atomic E-state index is 5.77. The molecule has 0 unspecified atom stereocenters. The predicted molar refractivity (Wildman–Crippen MR) is 103 cm³/mol. The average molecular weight is 391 g/mol. The lowest BCUT2D eigenvalue weighted by atomic mass is 10.2. The number of hydrogen-bond donors (Lipinski definition) is 0. The molecule has 0 N–H and O–H groups in total. The average Bonchev–Trinajstić information content (AvgIpc) is 2.88. The van der Waals surface area contributed by atoms with E-state index < -0.39 is 0 Å². The molecule has 0 aliphatic heterocycles. The predicted octanol–water partition coefficient (Wildman–Crippen LogP) is 6.57. The van der Waals surface area contributed by atoms with Gasteiger partial charge in [-0.25, -0.2) is 0 Å². The highest BCUT2D eigenvalue weighted by Crippen LogP contribution is 2.26. The van der Waals surface area contributed by atoms with E-state index in [9.17, 15) is 0 Å². The van der Waals surface area contributed by atoms with E-state index in [4.69, 9.17) is 4.74 Å². The number of ether oxygens (including phenoxy) is 1. The summed E-state index contributed by atoms with van der Waals surface area (Å²) < 4.78 is 6.93. The van der Waals surface area contributed by atoms with E-state index in [1.807, 2.05) is 24.3 Å². The summed E-state index contributed by atoms with van der Waals surface area (Å²) in [5.41, 5.74) is 2.25. The Morgan fingerprint density at radius 1 is 1.04 bits per heavy atom. The molecule has 122 valence electrons. The Hall–Kier alpha value is -1.24. The lowest BCUT2D eigenvalue weighted by Crippen LogP contribution is -1.97. The van der Waals surface area contributed by atoms with Gasteiger partial charge in [0.1, 0.15) is 5.75 Å². The van der Waals surface area contributed by atoms with Crippen LogP contribution in [-0.2, 0) is 0 Å². The number of hydrogen-bond acceptors (Lipinski definition) is 2. The molecule has 1 aromatic heterocycles. The molecule has 23 heavy (non-hydrogen) atoms. The minimum atomic E-state index is 0.803. The first-order valence-corrected chi connectivity index (χ1v) is 9.81. The van der Waals surface area contributed by atoms with Crippen LogP contribution >= 0.6 is 27.3 Å². The minimum Gasteiger partial charge on any atom is -0.494 e. The van der Waals surface area contributed by atoms with Gasteiger partial charge in [-0.3, -0.25) is 0 Å². The van der Waals surface area contributed by atoms with Crippen molar-refractivity contribution in [2.75, 3.05) is 6.61 Å². The van der Waals surface area contributed by atoms with Crippen LogP contribution < -0.4 is 4.74 Å². The van der Waals surface area contributed by atoms with E-state index in [2.05, 4.69) is 47.7 Å². The van der Waals surface area contributed by atoms with Crippen LogP contribution in [0, 0.1) is 18.8 Å². The molecule has 1 aromatic carbocycles. The Morgan fingerprint density at radius 3 is 2.43 bits per heavy atom. The first kappa shape index (κ1) is 18.1. The molecule has 0 atom stereocenters. The molecule has 0 radical (unpaired) electrons. The smallest absolute Gasteiger partial charge is 0.119 e. The van der Waals surface area contributed by atoms with Crippen LogP contribution in [0.2, 0.25) is 0 Å². The summed E-state index contributed by atoms with van der Waals surface area (Å²) in [5, 5.41) is 0. The fourth-order valence-corrected chi connectivity index (χ4v) is 3.57. The molecular weight excluding hydrogens is 368 g/mol. The van der Waals surface area contributed by atoms with E-state index in [0.717, 1.165) is 33.0 Å². The van der Waals surface area contributed by atoms with Crippen LogP contribution in [-0.4, -0.2) is 6.61 Å². The van der Waals surface area contributed by atoms with Crippen molar-refractivity contribution < 1.29 is 4.74 Å². The maximum absolute atomic E-state index is 5.77. The van der Waals surface area contributed by atoms with Gasteiger partial charge in [0.2, 0.25) is 0 Å². The third-order valence-corrected chi connectivity index (χ3v) is 5.61. The van der Waals surface area contributed by atoms with Crippen LogP contribution in [0.3, 0.4) is 0 Å². The number of benzene rings is 1. The minimum absolute atomic E-state index is 0.803.